The molecule has 0 saturated heterocycles. The minimum atomic E-state index is 0.203. The van der Waals surface area contributed by atoms with E-state index in [0.717, 1.165) is 10.9 Å². The number of fused-ring (bicyclic) bond motifs is 1. The molecule has 0 aliphatic heterocycles. The Morgan fingerprint density at radius 2 is 2.08 bits per heavy atom. The predicted molar refractivity (Wildman–Crippen MR) is 44.3 cm³/mol. The van der Waals surface area contributed by atoms with Crippen LogP contribution in [0.25, 0.3) is 10.9 Å². The highest BCUT2D eigenvalue weighted by molar-refractivity contribution is 5.77. The number of benzene rings is 1. The summed E-state index contributed by atoms with van der Waals surface area (Å²) >= 11 is 0. The molecule has 1 aromatic heterocycles. The smallest absolute Gasteiger partial charge is 0.218 e. The zero-order valence-corrected chi connectivity index (χ0v) is 6.23. The first kappa shape index (κ1) is 6.84. The number of nitrogens with one attached hydrogen (secondary N) is 1. The van der Waals surface area contributed by atoms with Crippen molar-refractivity contribution in [3.8, 4) is 0 Å². The van der Waals surface area contributed by atoms with Crippen molar-refractivity contribution in [2.45, 2.75) is 0 Å². The second kappa shape index (κ2) is 2.65. The summed E-state index contributed by atoms with van der Waals surface area (Å²) in [5.41, 5.74) is 7.54. The van der Waals surface area contributed by atoms with Crippen molar-refractivity contribution in [2.24, 2.45) is 5.11 Å². The highest BCUT2D eigenvalue weighted by Gasteiger charge is 1.95. The lowest BCUT2D eigenvalue weighted by molar-refractivity contribution is 1.04. The average molecular weight is 158 g/mol. The Bertz CT molecular complexity index is 424. The topological polar surface area (TPSA) is 62.0 Å². The monoisotopic (exact) mass is 158 g/mol. The van der Waals surface area contributed by atoms with Crippen LogP contribution in [-0.2, 0) is 0 Å². The Hall–Kier alpha value is -1.84. The lowest BCUT2D eigenvalue weighted by atomic mass is 10.2. The van der Waals surface area contributed by atoms with Crippen LogP contribution in [0.5, 0.6) is 0 Å². The zero-order valence-electron chi connectivity index (χ0n) is 6.23. The molecule has 12 heavy (non-hydrogen) atoms. The Labute approximate surface area is 68.8 Å². The predicted octanol–water partition coefficient (Wildman–Crippen LogP) is 2.29. The van der Waals surface area contributed by atoms with E-state index in [2.05, 4.69) is 15.1 Å². The van der Waals surface area contributed by atoms with Gasteiger partial charge in [-0.15, -0.1) is 5.11 Å². The molecule has 0 radical (unpaired) electrons. The van der Waals surface area contributed by atoms with Gasteiger partial charge in [0.25, 0.3) is 5.95 Å². The molecule has 4 heteroatoms. The molecule has 0 aliphatic rings. The fourth-order valence-electron chi connectivity index (χ4n) is 1.02. The maximum atomic E-state index is 6.72. The summed E-state index contributed by atoms with van der Waals surface area (Å²) in [4.78, 5) is 7.89. The van der Waals surface area contributed by atoms with Gasteiger partial charge in [-0.05, 0) is 6.07 Å². The van der Waals surface area contributed by atoms with Gasteiger partial charge in [-0.2, -0.15) is 0 Å². The molecule has 0 unspecified atom stereocenters. The quantitative estimate of drug-likeness (QED) is 0.647. The molecule has 0 atom stereocenters. The average Bonchev–Trinajstić information content (AvgIpc) is 2.17. The standard InChI is InChI=1S/C8H6N4/c9-12-8-10-5-6-3-1-2-4-7(6)11-8/h1-5,9H. The van der Waals surface area contributed by atoms with E-state index in [9.17, 15) is 0 Å². The molecular formula is C8H6N4. The van der Waals surface area contributed by atoms with E-state index in [1.165, 1.54) is 0 Å². The van der Waals surface area contributed by atoms with Crippen LogP contribution in [0.4, 0.5) is 5.95 Å². The number of para-hydroxylation sites is 1. The molecule has 0 saturated carbocycles. The van der Waals surface area contributed by atoms with Crippen molar-refractivity contribution in [2.75, 3.05) is 0 Å². The van der Waals surface area contributed by atoms with Gasteiger partial charge in [-0.1, -0.05) is 18.2 Å². The molecule has 1 N–H and O–H groups in total. The number of hydrogen-bond acceptors (Lipinski definition) is 4. The van der Waals surface area contributed by atoms with Crippen LogP contribution in [-0.4, -0.2) is 9.97 Å². The van der Waals surface area contributed by atoms with Gasteiger partial charge in [0.1, 0.15) is 0 Å². The third-order valence-corrected chi connectivity index (χ3v) is 1.58. The Balaban J connectivity index is 2.75. The fraction of sp³-hybridized carbons (Fsp3) is 0. The molecule has 2 rings (SSSR count). The van der Waals surface area contributed by atoms with E-state index in [1.54, 1.807) is 6.20 Å². The van der Waals surface area contributed by atoms with Crippen molar-refractivity contribution in [1.82, 2.24) is 9.97 Å². The van der Waals surface area contributed by atoms with Gasteiger partial charge in [-0.25, -0.2) is 15.5 Å². The van der Waals surface area contributed by atoms with Crippen molar-refractivity contribution in [1.29, 1.82) is 5.53 Å². The van der Waals surface area contributed by atoms with Gasteiger partial charge in [0.15, 0.2) is 0 Å². The largest absolute Gasteiger partial charge is 0.268 e. The van der Waals surface area contributed by atoms with Crippen molar-refractivity contribution >= 4 is 16.9 Å². The maximum Gasteiger partial charge on any atom is 0.268 e. The first-order valence-corrected chi connectivity index (χ1v) is 3.49. The van der Waals surface area contributed by atoms with Crippen molar-refractivity contribution in [3.05, 3.63) is 30.5 Å². The highest BCUT2D eigenvalue weighted by Crippen LogP contribution is 2.12. The summed E-state index contributed by atoms with van der Waals surface area (Å²) in [5.74, 6) is 0.203. The molecule has 0 amide bonds. The maximum absolute atomic E-state index is 6.72. The molecule has 1 aromatic carbocycles. The third kappa shape index (κ3) is 1.03. The van der Waals surface area contributed by atoms with Crippen LogP contribution < -0.4 is 0 Å². The molecule has 0 spiro atoms. The first-order chi connectivity index (χ1) is 5.90. The van der Waals surface area contributed by atoms with E-state index >= 15 is 0 Å². The van der Waals surface area contributed by atoms with Crippen LogP contribution in [0, 0.1) is 5.53 Å². The molecule has 0 aliphatic carbocycles. The van der Waals surface area contributed by atoms with E-state index < -0.39 is 0 Å². The van der Waals surface area contributed by atoms with Gasteiger partial charge >= 0.3 is 0 Å². The zero-order chi connectivity index (χ0) is 8.39. The van der Waals surface area contributed by atoms with E-state index in [-0.39, 0.29) is 5.95 Å². The molecule has 0 bridgehead atoms. The van der Waals surface area contributed by atoms with Gasteiger partial charge in [-0.3, -0.25) is 0 Å². The van der Waals surface area contributed by atoms with Crippen molar-refractivity contribution < 1.29 is 0 Å². The molecule has 58 valence electrons. The number of hydrogen-bond donors (Lipinski definition) is 1. The lowest BCUT2D eigenvalue weighted by Gasteiger charge is -1.94. The normalized spacial score (nSPS) is 10.0. The Morgan fingerprint density at radius 3 is 2.92 bits per heavy atom. The fourth-order valence-corrected chi connectivity index (χ4v) is 1.02. The van der Waals surface area contributed by atoms with Gasteiger partial charge in [0.2, 0.25) is 0 Å². The third-order valence-electron chi connectivity index (χ3n) is 1.58. The minimum Gasteiger partial charge on any atom is -0.218 e. The van der Waals surface area contributed by atoms with Crippen LogP contribution in [0.3, 0.4) is 0 Å². The van der Waals surface area contributed by atoms with E-state index in [4.69, 9.17) is 5.53 Å². The van der Waals surface area contributed by atoms with Gasteiger partial charge < -0.3 is 0 Å². The molecule has 0 fully saturated rings. The SMILES string of the molecule is N=Nc1ncc2ccccc2n1. The summed E-state index contributed by atoms with van der Waals surface area (Å²) in [6, 6.07) is 7.60. The lowest BCUT2D eigenvalue weighted by Crippen LogP contribution is -1.81. The summed E-state index contributed by atoms with van der Waals surface area (Å²) in [7, 11) is 0. The van der Waals surface area contributed by atoms with E-state index in [1.807, 2.05) is 24.3 Å². The molecular weight excluding hydrogens is 152 g/mol. The Kier molecular flexibility index (Phi) is 1.51. The van der Waals surface area contributed by atoms with Crippen LogP contribution in [0.1, 0.15) is 0 Å². The van der Waals surface area contributed by atoms with E-state index in [0.29, 0.717) is 0 Å². The highest BCUT2D eigenvalue weighted by atomic mass is 15.1. The number of rotatable bonds is 1. The van der Waals surface area contributed by atoms with Crippen LogP contribution >= 0.6 is 0 Å². The van der Waals surface area contributed by atoms with Crippen LogP contribution in [0.2, 0.25) is 0 Å². The van der Waals surface area contributed by atoms with Gasteiger partial charge in [0, 0.05) is 11.6 Å². The van der Waals surface area contributed by atoms with Crippen LogP contribution in [0.15, 0.2) is 35.6 Å². The summed E-state index contributed by atoms with van der Waals surface area (Å²) in [5, 5.41) is 4.11. The van der Waals surface area contributed by atoms with Crippen molar-refractivity contribution in [3.63, 3.8) is 0 Å². The molecule has 4 nitrogen and oxygen atoms in total. The molecule has 2 aromatic rings. The summed E-state index contributed by atoms with van der Waals surface area (Å²) in [6.45, 7) is 0. The number of aromatic nitrogens is 2. The second-order valence-electron chi connectivity index (χ2n) is 2.34. The first-order valence-electron chi connectivity index (χ1n) is 3.49. The molecule has 1 heterocycles. The van der Waals surface area contributed by atoms with Gasteiger partial charge in [0.05, 0.1) is 5.52 Å². The number of nitrogens with zero attached hydrogens (tertiary/aromatic N) is 3. The summed E-state index contributed by atoms with van der Waals surface area (Å²) < 4.78 is 0. The summed E-state index contributed by atoms with van der Waals surface area (Å²) in [6.07, 6.45) is 1.66. The minimum absolute atomic E-state index is 0.203. The Morgan fingerprint density at radius 1 is 1.25 bits per heavy atom. The second-order valence-corrected chi connectivity index (χ2v) is 2.34.